The Morgan fingerprint density at radius 1 is 1.25 bits per heavy atom. The first-order valence-electron chi connectivity index (χ1n) is 8.88. The molecule has 9 nitrogen and oxygen atoms in total. The van der Waals surface area contributed by atoms with Crippen LogP contribution in [0.5, 0.6) is 11.5 Å². The Bertz CT molecular complexity index is 868. The fraction of sp³-hybridized carbons (Fsp3) is 0.389. The van der Waals surface area contributed by atoms with Gasteiger partial charge in [0, 0.05) is 18.7 Å². The van der Waals surface area contributed by atoms with Crippen molar-refractivity contribution in [3.05, 3.63) is 30.6 Å². The zero-order chi connectivity index (χ0) is 19.7. The highest BCUT2D eigenvalue weighted by molar-refractivity contribution is 8.24. The molecule has 10 heteroatoms. The zero-order valence-corrected chi connectivity index (χ0v) is 15.8. The zero-order valence-electron chi connectivity index (χ0n) is 15.0. The molecule has 0 saturated carbocycles. The third kappa shape index (κ3) is 3.84. The van der Waals surface area contributed by atoms with E-state index in [1.807, 2.05) is 0 Å². The monoisotopic (exact) mass is 407 g/mol. The number of likely N-dealkylation sites (tertiary alicyclic amines) is 1. The third-order valence-electron chi connectivity index (χ3n) is 4.93. The van der Waals surface area contributed by atoms with Crippen LogP contribution in [-0.4, -0.2) is 60.8 Å². The molecule has 2 aromatic rings. The lowest BCUT2D eigenvalue weighted by Gasteiger charge is -2.29. The Morgan fingerprint density at radius 3 is 2.64 bits per heavy atom. The van der Waals surface area contributed by atoms with Gasteiger partial charge in [0.2, 0.25) is 0 Å². The minimum atomic E-state index is -2.86. The molecule has 0 unspecified atom stereocenters. The molecule has 2 aliphatic heterocycles. The summed E-state index contributed by atoms with van der Waals surface area (Å²) in [6.07, 6.45) is 3.87. The predicted molar refractivity (Wildman–Crippen MR) is 102 cm³/mol. The number of ether oxygens (including phenoxy) is 2. The molecule has 150 valence electrons. The topological polar surface area (TPSA) is 125 Å². The van der Waals surface area contributed by atoms with Gasteiger partial charge in [-0.15, -0.1) is 10.6 Å². The van der Waals surface area contributed by atoms with Crippen molar-refractivity contribution < 1.29 is 28.5 Å². The Morgan fingerprint density at radius 2 is 1.96 bits per heavy atom. The van der Waals surface area contributed by atoms with Gasteiger partial charge in [0.25, 0.3) is 0 Å². The maximum atomic E-state index is 10.9. The summed E-state index contributed by atoms with van der Waals surface area (Å²) in [7, 11) is -2.86. The van der Waals surface area contributed by atoms with E-state index in [2.05, 4.69) is 9.97 Å². The summed E-state index contributed by atoms with van der Waals surface area (Å²) in [5.41, 5.74) is 0.712. The lowest BCUT2D eigenvalue weighted by atomic mass is 9.98. The van der Waals surface area contributed by atoms with Crippen molar-refractivity contribution in [1.29, 1.82) is 0 Å². The fourth-order valence-electron chi connectivity index (χ4n) is 3.28. The van der Waals surface area contributed by atoms with Crippen LogP contribution < -0.4 is 9.47 Å². The summed E-state index contributed by atoms with van der Waals surface area (Å²) in [4.78, 5) is 21.4. The average Bonchev–Trinajstić information content (AvgIpc) is 3.01. The SMILES string of the molecule is O=C(O)N1CCC(COc2cnc(-c3ccc4c(c3)OCS4(O)O)nc2)CC1. The van der Waals surface area contributed by atoms with Crippen molar-refractivity contribution in [2.24, 2.45) is 5.92 Å². The molecule has 0 atom stereocenters. The second-order valence-corrected chi connectivity index (χ2v) is 8.87. The summed E-state index contributed by atoms with van der Waals surface area (Å²) in [6, 6.07) is 5.06. The minimum absolute atomic E-state index is 0.120. The number of rotatable bonds is 4. The van der Waals surface area contributed by atoms with Gasteiger partial charge in [0.1, 0.15) is 10.6 Å². The van der Waals surface area contributed by atoms with Gasteiger partial charge in [0.05, 0.1) is 19.0 Å². The van der Waals surface area contributed by atoms with Gasteiger partial charge in [-0.1, -0.05) is 0 Å². The second kappa shape index (κ2) is 7.46. The van der Waals surface area contributed by atoms with E-state index in [1.165, 1.54) is 4.90 Å². The van der Waals surface area contributed by atoms with Crippen LogP contribution >= 0.6 is 10.6 Å². The molecular formula is C18H21N3O6S. The van der Waals surface area contributed by atoms with Crippen molar-refractivity contribution in [3.63, 3.8) is 0 Å². The molecule has 1 amide bonds. The van der Waals surface area contributed by atoms with Gasteiger partial charge in [-0.05, 0) is 37.0 Å². The largest absolute Gasteiger partial charge is 0.490 e. The number of piperidine rings is 1. The van der Waals surface area contributed by atoms with E-state index in [1.54, 1.807) is 30.6 Å². The predicted octanol–water partition coefficient (Wildman–Crippen LogP) is 3.37. The number of fused-ring (bicyclic) bond motifs is 1. The number of amides is 1. The van der Waals surface area contributed by atoms with E-state index >= 15 is 0 Å². The highest BCUT2D eigenvalue weighted by Crippen LogP contribution is 2.57. The minimum Gasteiger partial charge on any atom is -0.490 e. The molecule has 0 bridgehead atoms. The van der Waals surface area contributed by atoms with E-state index < -0.39 is 16.7 Å². The Labute approximate surface area is 163 Å². The molecular weight excluding hydrogens is 386 g/mol. The Kier molecular flexibility index (Phi) is 5.00. The van der Waals surface area contributed by atoms with Gasteiger partial charge < -0.3 is 19.5 Å². The normalized spacial score (nSPS) is 19.6. The molecule has 1 aromatic carbocycles. The molecule has 1 fully saturated rings. The molecule has 3 N–H and O–H groups in total. The van der Waals surface area contributed by atoms with E-state index in [0.29, 0.717) is 53.4 Å². The third-order valence-corrected chi connectivity index (χ3v) is 6.42. The van der Waals surface area contributed by atoms with E-state index in [0.717, 1.165) is 12.8 Å². The quantitative estimate of drug-likeness (QED) is 0.704. The number of hydrogen-bond acceptors (Lipinski definition) is 7. The van der Waals surface area contributed by atoms with Crippen LogP contribution in [0.2, 0.25) is 0 Å². The summed E-state index contributed by atoms with van der Waals surface area (Å²) >= 11 is 0. The number of carboxylic acid groups (broad SMARTS) is 1. The maximum absolute atomic E-state index is 10.9. The van der Waals surface area contributed by atoms with E-state index in [9.17, 15) is 13.9 Å². The first kappa shape index (κ1) is 18.8. The number of aromatic nitrogens is 2. The lowest BCUT2D eigenvalue weighted by molar-refractivity contribution is 0.111. The number of hydrogen-bond donors (Lipinski definition) is 3. The van der Waals surface area contributed by atoms with Gasteiger partial charge >= 0.3 is 6.09 Å². The lowest BCUT2D eigenvalue weighted by Crippen LogP contribution is -2.38. The summed E-state index contributed by atoms with van der Waals surface area (Å²) in [6.45, 7) is 1.56. The molecule has 3 heterocycles. The molecule has 1 saturated heterocycles. The van der Waals surface area contributed by atoms with Crippen LogP contribution in [0.1, 0.15) is 12.8 Å². The van der Waals surface area contributed by atoms with Crippen molar-refractivity contribution in [3.8, 4) is 22.9 Å². The second-order valence-electron chi connectivity index (χ2n) is 6.86. The van der Waals surface area contributed by atoms with Crippen molar-refractivity contribution >= 4 is 16.7 Å². The molecule has 0 radical (unpaired) electrons. The number of carbonyl (C=O) groups is 1. The highest BCUT2D eigenvalue weighted by atomic mass is 32.3. The van der Waals surface area contributed by atoms with Crippen LogP contribution in [0.15, 0.2) is 35.5 Å². The van der Waals surface area contributed by atoms with Gasteiger partial charge in [0.15, 0.2) is 17.5 Å². The van der Waals surface area contributed by atoms with Crippen molar-refractivity contribution in [2.45, 2.75) is 17.7 Å². The van der Waals surface area contributed by atoms with Gasteiger partial charge in [-0.2, -0.15) is 0 Å². The summed E-state index contributed by atoms with van der Waals surface area (Å²) < 4.78 is 30.9. The number of benzene rings is 1. The number of nitrogens with zero attached hydrogens (tertiary/aromatic N) is 3. The maximum Gasteiger partial charge on any atom is 0.407 e. The van der Waals surface area contributed by atoms with Crippen LogP contribution in [0, 0.1) is 5.92 Å². The van der Waals surface area contributed by atoms with Crippen LogP contribution in [0.4, 0.5) is 4.79 Å². The van der Waals surface area contributed by atoms with E-state index in [-0.39, 0.29) is 5.94 Å². The smallest absolute Gasteiger partial charge is 0.407 e. The molecule has 28 heavy (non-hydrogen) atoms. The van der Waals surface area contributed by atoms with Gasteiger partial charge in [-0.25, -0.2) is 14.8 Å². The Hall–Kier alpha value is -2.56. The summed E-state index contributed by atoms with van der Waals surface area (Å²) in [5.74, 6) is 1.66. The molecule has 0 spiro atoms. The summed E-state index contributed by atoms with van der Waals surface area (Å²) in [5, 5.41) is 8.98. The van der Waals surface area contributed by atoms with Gasteiger partial charge in [-0.3, -0.25) is 9.11 Å². The molecule has 2 aliphatic rings. The highest BCUT2D eigenvalue weighted by Gasteiger charge is 2.29. The standard InChI is InChI=1S/C18H21N3O6S/c22-18(23)21-5-3-12(4-6-21)10-26-14-8-19-17(20-9-14)13-1-2-16-15(7-13)27-11-28(16,24)25/h1-2,7-9,12,24-25H,3-6,10-11H2,(H,22,23). The first-order valence-corrected chi connectivity index (χ1v) is 10.6. The van der Waals surface area contributed by atoms with Crippen LogP contribution in [0.3, 0.4) is 0 Å². The van der Waals surface area contributed by atoms with Crippen molar-refractivity contribution in [1.82, 2.24) is 14.9 Å². The Balaban J connectivity index is 1.35. The van der Waals surface area contributed by atoms with Crippen LogP contribution in [0.25, 0.3) is 11.4 Å². The van der Waals surface area contributed by atoms with E-state index in [4.69, 9.17) is 14.6 Å². The van der Waals surface area contributed by atoms with Crippen molar-refractivity contribution in [2.75, 3.05) is 25.6 Å². The average molecular weight is 407 g/mol. The molecule has 1 aromatic heterocycles. The molecule has 4 rings (SSSR count). The van der Waals surface area contributed by atoms with Crippen LogP contribution in [-0.2, 0) is 0 Å². The molecule has 0 aliphatic carbocycles. The fourth-order valence-corrected chi connectivity index (χ4v) is 4.43. The first-order chi connectivity index (χ1) is 13.4.